The van der Waals surface area contributed by atoms with Crippen molar-refractivity contribution in [1.29, 1.82) is 0 Å². The first-order valence-corrected chi connectivity index (χ1v) is 6.70. The molecular weight excluding hydrogens is 294 g/mol. The van der Waals surface area contributed by atoms with E-state index in [1.54, 1.807) is 19.5 Å². The van der Waals surface area contributed by atoms with Crippen molar-refractivity contribution in [2.24, 2.45) is 0 Å². The first-order chi connectivity index (χ1) is 8.83. The molecule has 18 heavy (non-hydrogen) atoms. The van der Waals surface area contributed by atoms with Crippen molar-refractivity contribution in [3.63, 3.8) is 0 Å². The Morgan fingerprint density at radius 1 is 1.28 bits per heavy atom. The summed E-state index contributed by atoms with van der Waals surface area (Å²) in [6, 6.07) is 9.70. The van der Waals surface area contributed by atoms with Gasteiger partial charge in [0.2, 0.25) is 0 Å². The molecule has 0 saturated carbocycles. The number of halogens is 1. The summed E-state index contributed by atoms with van der Waals surface area (Å²) in [4.78, 5) is 4.06. The van der Waals surface area contributed by atoms with Gasteiger partial charge < -0.3 is 9.47 Å². The standard InChI is InChI=1S/C14H14BrNO2/c1-17-13-5-4-12(8-15)14(7-13)18-10-11-3-2-6-16-9-11/h2-7,9H,8,10H2,1H3. The van der Waals surface area contributed by atoms with Gasteiger partial charge in [-0.3, -0.25) is 4.98 Å². The van der Waals surface area contributed by atoms with Gasteiger partial charge in [0.15, 0.2) is 0 Å². The molecule has 0 unspecified atom stereocenters. The van der Waals surface area contributed by atoms with Gasteiger partial charge in [-0.2, -0.15) is 0 Å². The number of nitrogens with zero attached hydrogens (tertiary/aromatic N) is 1. The van der Waals surface area contributed by atoms with Gasteiger partial charge in [-0.1, -0.05) is 28.1 Å². The summed E-state index contributed by atoms with van der Waals surface area (Å²) in [5, 5.41) is 0.749. The van der Waals surface area contributed by atoms with Gasteiger partial charge in [-0.15, -0.1) is 0 Å². The van der Waals surface area contributed by atoms with Gasteiger partial charge in [-0.05, 0) is 12.1 Å². The molecule has 0 aliphatic heterocycles. The summed E-state index contributed by atoms with van der Waals surface area (Å²) in [7, 11) is 1.65. The van der Waals surface area contributed by atoms with E-state index in [1.807, 2.05) is 30.3 Å². The highest BCUT2D eigenvalue weighted by Gasteiger charge is 2.05. The maximum absolute atomic E-state index is 5.81. The molecule has 2 aromatic rings. The van der Waals surface area contributed by atoms with Gasteiger partial charge in [0, 0.05) is 34.9 Å². The Bertz CT molecular complexity index is 502. The average Bonchev–Trinajstić information content (AvgIpc) is 2.45. The van der Waals surface area contributed by atoms with Crippen LogP contribution in [0.1, 0.15) is 11.1 Å². The van der Waals surface area contributed by atoms with Crippen LogP contribution in [0.15, 0.2) is 42.7 Å². The Balaban J connectivity index is 2.12. The highest BCUT2D eigenvalue weighted by Crippen LogP contribution is 2.27. The molecule has 2 rings (SSSR count). The van der Waals surface area contributed by atoms with Crippen molar-refractivity contribution in [3.05, 3.63) is 53.9 Å². The van der Waals surface area contributed by atoms with Gasteiger partial charge in [0.05, 0.1) is 7.11 Å². The van der Waals surface area contributed by atoms with Crippen molar-refractivity contribution in [2.45, 2.75) is 11.9 Å². The zero-order chi connectivity index (χ0) is 12.8. The maximum atomic E-state index is 5.81. The number of pyridine rings is 1. The minimum atomic E-state index is 0.501. The van der Waals surface area contributed by atoms with Crippen molar-refractivity contribution >= 4 is 15.9 Å². The van der Waals surface area contributed by atoms with E-state index in [9.17, 15) is 0 Å². The quantitative estimate of drug-likeness (QED) is 0.791. The number of rotatable bonds is 5. The van der Waals surface area contributed by atoms with E-state index in [0.717, 1.165) is 28.0 Å². The topological polar surface area (TPSA) is 31.4 Å². The lowest BCUT2D eigenvalue weighted by molar-refractivity contribution is 0.301. The molecule has 0 amide bonds. The summed E-state index contributed by atoms with van der Waals surface area (Å²) in [6.07, 6.45) is 3.55. The summed E-state index contributed by atoms with van der Waals surface area (Å²) >= 11 is 3.45. The van der Waals surface area contributed by atoms with Gasteiger partial charge in [0.25, 0.3) is 0 Å². The number of benzene rings is 1. The molecule has 0 aliphatic rings. The van der Waals surface area contributed by atoms with E-state index in [1.165, 1.54) is 0 Å². The van der Waals surface area contributed by atoms with Gasteiger partial charge in [-0.25, -0.2) is 0 Å². The fraction of sp³-hybridized carbons (Fsp3) is 0.214. The molecule has 1 aromatic heterocycles. The summed E-state index contributed by atoms with van der Waals surface area (Å²) in [5.74, 6) is 1.62. The lowest BCUT2D eigenvalue weighted by Crippen LogP contribution is -1.98. The second-order valence-electron chi connectivity index (χ2n) is 3.76. The lowest BCUT2D eigenvalue weighted by atomic mass is 10.2. The third-order valence-electron chi connectivity index (χ3n) is 2.54. The minimum Gasteiger partial charge on any atom is -0.497 e. The van der Waals surface area contributed by atoms with Crippen LogP contribution in [-0.2, 0) is 11.9 Å². The number of alkyl halides is 1. The third-order valence-corrected chi connectivity index (χ3v) is 3.14. The number of hydrogen-bond acceptors (Lipinski definition) is 3. The SMILES string of the molecule is COc1ccc(CBr)c(OCc2cccnc2)c1. The van der Waals surface area contributed by atoms with Crippen LogP contribution < -0.4 is 9.47 Å². The molecule has 4 heteroatoms. The first kappa shape index (κ1) is 12.9. The largest absolute Gasteiger partial charge is 0.497 e. The molecule has 1 aromatic carbocycles. The Morgan fingerprint density at radius 3 is 2.83 bits per heavy atom. The molecule has 0 N–H and O–H groups in total. The monoisotopic (exact) mass is 307 g/mol. The number of ether oxygens (including phenoxy) is 2. The predicted octanol–water partition coefficient (Wildman–Crippen LogP) is 3.56. The van der Waals surface area contributed by atoms with Crippen LogP contribution in [0.4, 0.5) is 0 Å². The molecule has 0 radical (unpaired) electrons. The van der Waals surface area contributed by atoms with Gasteiger partial charge in [0.1, 0.15) is 18.1 Å². The lowest BCUT2D eigenvalue weighted by Gasteiger charge is -2.11. The normalized spacial score (nSPS) is 10.1. The average molecular weight is 308 g/mol. The summed E-state index contributed by atoms with van der Waals surface area (Å²) in [6.45, 7) is 0.501. The van der Waals surface area contributed by atoms with Crippen LogP contribution in [-0.4, -0.2) is 12.1 Å². The molecule has 94 valence electrons. The van der Waals surface area contributed by atoms with Crippen LogP contribution in [0.3, 0.4) is 0 Å². The van der Waals surface area contributed by atoms with Gasteiger partial charge >= 0.3 is 0 Å². The maximum Gasteiger partial charge on any atom is 0.127 e. The van der Waals surface area contributed by atoms with E-state index in [4.69, 9.17) is 9.47 Å². The van der Waals surface area contributed by atoms with Crippen molar-refractivity contribution in [2.75, 3.05) is 7.11 Å². The van der Waals surface area contributed by atoms with Crippen molar-refractivity contribution < 1.29 is 9.47 Å². The minimum absolute atomic E-state index is 0.501. The van der Waals surface area contributed by atoms with Crippen molar-refractivity contribution in [1.82, 2.24) is 4.98 Å². The molecule has 1 heterocycles. The molecule has 0 spiro atoms. The van der Waals surface area contributed by atoms with Crippen LogP contribution in [0.5, 0.6) is 11.5 Å². The molecule has 0 fully saturated rings. The van der Waals surface area contributed by atoms with Crippen LogP contribution >= 0.6 is 15.9 Å². The zero-order valence-corrected chi connectivity index (χ0v) is 11.7. The van der Waals surface area contributed by atoms with E-state index in [0.29, 0.717) is 6.61 Å². The third kappa shape index (κ3) is 3.23. The molecular formula is C14H14BrNO2. The molecule has 0 atom stereocenters. The summed E-state index contributed by atoms with van der Waals surface area (Å²) < 4.78 is 11.0. The zero-order valence-electron chi connectivity index (χ0n) is 10.1. The second kappa shape index (κ2) is 6.40. The number of methoxy groups -OCH3 is 1. The number of hydrogen-bond donors (Lipinski definition) is 0. The highest BCUT2D eigenvalue weighted by molar-refractivity contribution is 9.08. The smallest absolute Gasteiger partial charge is 0.127 e. The molecule has 3 nitrogen and oxygen atoms in total. The fourth-order valence-electron chi connectivity index (χ4n) is 1.55. The second-order valence-corrected chi connectivity index (χ2v) is 4.32. The van der Waals surface area contributed by atoms with Crippen molar-refractivity contribution in [3.8, 4) is 11.5 Å². The van der Waals surface area contributed by atoms with Crippen LogP contribution in [0.2, 0.25) is 0 Å². The summed E-state index contributed by atoms with van der Waals surface area (Å²) in [5.41, 5.74) is 2.14. The Morgan fingerprint density at radius 2 is 2.17 bits per heavy atom. The van der Waals surface area contributed by atoms with E-state index >= 15 is 0 Å². The number of aromatic nitrogens is 1. The Hall–Kier alpha value is -1.55. The fourth-order valence-corrected chi connectivity index (χ4v) is 2.01. The van der Waals surface area contributed by atoms with E-state index in [2.05, 4.69) is 20.9 Å². The Kier molecular flexibility index (Phi) is 4.59. The molecule has 0 saturated heterocycles. The molecule has 0 aliphatic carbocycles. The van der Waals surface area contributed by atoms with Crippen LogP contribution in [0.25, 0.3) is 0 Å². The highest BCUT2D eigenvalue weighted by atomic mass is 79.9. The van der Waals surface area contributed by atoms with Crippen LogP contribution in [0, 0.1) is 0 Å². The van der Waals surface area contributed by atoms with E-state index in [-0.39, 0.29) is 0 Å². The predicted molar refractivity (Wildman–Crippen MR) is 74.2 cm³/mol. The molecule has 0 bridgehead atoms. The first-order valence-electron chi connectivity index (χ1n) is 5.58. The Labute approximate surface area is 115 Å². The van der Waals surface area contributed by atoms with E-state index < -0.39 is 0 Å².